The van der Waals surface area contributed by atoms with Crippen molar-refractivity contribution in [3.63, 3.8) is 0 Å². The Morgan fingerprint density at radius 1 is 0.500 bits per heavy atom. The van der Waals surface area contributed by atoms with Crippen LogP contribution in [0.2, 0.25) is 0 Å². The highest BCUT2D eigenvalue weighted by Crippen LogP contribution is 2.26. The molecule has 0 amide bonds. The van der Waals surface area contributed by atoms with Crippen LogP contribution < -0.4 is 0 Å². The van der Waals surface area contributed by atoms with E-state index in [1.807, 2.05) is 0 Å². The Labute approximate surface area is 334 Å². The van der Waals surface area contributed by atoms with Crippen molar-refractivity contribution >= 4 is 11.9 Å². The summed E-state index contributed by atoms with van der Waals surface area (Å²) in [6, 6.07) is 0. The van der Waals surface area contributed by atoms with E-state index in [2.05, 4.69) is 13.8 Å². The average Bonchev–Trinajstić information content (AvgIpc) is 3.19. The summed E-state index contributed by atoms with van der Waals surface area (Å²) in [5, 5.41) is 71.6. The average molecular weight is 809 g/mol. The molecule has 15 heteroatoms. The molecule has 0 aromatic heterocycles. The van der Waals surface area contributed by atoms with Crippen molar-refractivity contribution in [3.8, 4) is 0 Å². The molecule has 0 bridgehead atoms. The van der Waals surface area contributed by atoms with Crippen LogP contribution in [0.4, 0.5) is 0 Å². The molecule has 0 saturated carbocycles. The van der Waals surface area contributed by atoms with Crippen molar-refractivity contribution in [2.75, 3.05) is 26.4 Å². The van der Waals surface area contributed by atoms with Crippen LogP contribution in [0, 0.1) is 0 Å². The van der Waals surface area contributed by atoms with Gasteiger partial charge in [0, 0.05) is 12.8 Å². The summed E-state index contributed by atoms with van der Waals surface area (Å²) >= 11 is 0. The number of carbonyl (C=O) groups excluding carboxylic acids is 2. The molecule has 56 heavy (non-hydrogen) atoms. The fourth-order valence-electron chi connectivity index (χ4n) is 6.92. The second-order valence-corrected chi connectivity index (χ2v) is 15.5. The first-order valence-electron chi connectivity index (χ1n) is 21.6. The zero-order chi connectivity index (χ0) is 41.1. The maximum absolute atomic E-state index is 12.9. The van der Waals surface area contributed by atoms with Gasteiger partial charge in [0.05, 0.1) is 19.8 Å². The van der Waals surface area contributed by atoms with E-state index in [0.717, 1.165) is 51.4 Å². The van der Waals surface area contributed by atoms with Gasteiger partial charge >= 0.3 is 11.9 Å². The Kier molecular flexibility index (Phi) is 27.6. The second-order valence-electron chi connectivity index (χ2n) is 15.5. The van der Waals surface area contributed by atoms with E-state index in [1.165, 1.54) is 64.2 Å². The van der Waals surface area contributed by atoms with Crippen LogP contribution in [-0.2, 0) is 38.0 Å². The highest BCUT2D eigenvalue weighted by atomic mass is 16.7. The van der Waals surface area contributed by atoms with Gasteiger partial charge in [-0.2, -0.15) is 0 Å². The van der Waals surface area contributed by atoms with Gasteiger partial charge in [-0.25, -0.2) is 0 Å². The lowest BCUT2D eigenvalue weighted by molar-refractivity contribution is -0.332. The first kappa shape index (κ1) is 50.6. The maximum atomic E-state index is 12.9. The molecule has 2 saturated heterocycles. The van der Waals surface area contributed by atoms with Crippen molar-refractivity contribution in [3.05, 3.63) is 0 Å². The number of rotatable bonds is 32. The summed E-state index contributed by atoms with van der Waals surface area (Å²) in [6.45, 7) is 2.50. The Balaban J connectivity index is 1.85. The number of aliphatic hydroxyl groups excluding tert-OH is 7. The molecule has 0 aliphatic carbocycles. The van der Waals surface area contributed by atoms with Gasteiger partial charge in [-0.05, 0) is 12.8 Å². The van der Waals surface area contributed by atoms with Crippen LogP contribution in [0.25, 0.3) is 0 Å². The van der Waals surface area contributed by atoms with E-state index in [9.17, 15) is 45.3 Å². The van der Waals surface area contributed by atoms with E-state index in [4.69, 9.17) is 28.4 Å². The third-order valence-corrected chi connectivity index (χ3v) is 10.6. The molecule has 0 spiro atoms. The van der Waals surface area contributed by atoms with Crippen molar-refractivity contribution < 1.29 is 73.8 Å². The molecule has 0 radical (unpaired) electrons. The number of carbonyl (C=O) groups is 2. The maximum Gasteiger partial charge on any atom is 0.306 e. The SMILES string of the molecule is CCCCCCCCCCCCCCCCC(=O)O[C@H](COC(=O)CCCCCCCC)CO[C@@H]1O[C@H](CO[C@H]2O[C@H](CO)[C@H](O)[C@H](O)[C@H]2O)[C@H](O)[C@H](O)[C@H]1O. The monoisotopic (exact) mass is 809 g/mol. The van der Waals surface area contributed by atoms with Gasteiger partial charge in [-0.1, -0.05) is 129 Å². The Morgan fingerprint density at radius 3 is 1.39 bits per heavy atom. The Bertz CT molecular complexity index is 1000. The van der Waals surface area contributed by atoms with Crippen LogP contribution in [0.3, 0.4) is 0 Å². The quantitative estimate of drug-likeness (QED) is 0.0380. The van der Waals surface area contributed by atoms with Crippen molar-refractivity contribution in [1.82, 2.24) is 0 Å². The largest absolute Gasteiger partial charge is 0.462 e. The number of ether oxygens (including phenoxy) is 6. The Hall–Kier alpha value is -1.50. The van der Waals surface area contributed by atoms with Crippen LogP contribution in [0.5, 0.6) is 0 Å². The molecule has 0 aromatic carbocycles. The molecule has 2 aliphatic rings. The molecule has 2 fully saturated rings. The molecule has 2 aliphatic heterocycles. The molecule has 330 valence electrons. The minimum atomic E-state index is -1.76. The summed E-state index contributed by atoms with van der Waals surface area (Å²) in [5.41, 5.74) is 0. The molecular weight excluding hydrogens is 732 g/mol. The highest BCUT2D eigenvalue weighted by molar-refractivity contribution is 5.70. The van der Waals surface area contributed by atoms with E-state index >= 15 is 0 Å². The van der Waals surface area contributed by atoms with Gasteiger partial charge < -0.3 is 64.2 Å². The van der Waals surface area contributed by atoms with Gasteiger partial charge in [-0.3, -0.25) is 9.59 Å². The zero-order valence-electron chi connectivity index (χ0n) is 34.1. The third-order valence-electron chi connectivity index (χ3n) is 10.6. The topological polar surface area (TPSA) is 231 Å². The predicted octanol–water partition coefficient (Wildman–Crippen LogP) is 3.70. The molecule has 2 heterocycles. The summed E-state index contributed by atoms with van der Waals surface area (Å²) in [7, 11) is 0. The van der Waals surface area contributed by atoms with E-state index < -0.39 is 92.7 Å². The van der Waals surface area contributed by atoms with Gasteiger partial charge in [-0.15, -0.1) is 0 Å². The first-order valence-corrected chi connectivity index (χ1v) is 21.6. The van der Waals surface area contributed by atoms with E-state index in [-0.39, 0.29) is 26.1 Å². The molecule has 2 rings (SSSR count). The van der Waals surface area contributed by atoms with Gasteiger partial charge in [0.1, 0.15) is 55.4 Å². The number of esters is 2. The normalized spacial score (nSPS) is 28.6. The standard InChI is InChI=1S/C41H76O15/c1-3-5-7-9-11-12-13-14-15-16-17-18-20-22-24-33(44)54-29(26-51-32(43)23-21-19-10-8-6-4-2)27-52-40-39(50)37(48)35(46)31(56-40)28-53-41-38(49)36(47)34(45)30(25-42)55-41/h29-31,34-42,45-50H,3-28H2,1-2H3/t29-,30-,31-,34+,35+,36+,37+,38-,39-,40-,41+/m1/s1. The fraction of sp³-hybridized carbons (Fsp3) is 0.951. The first-order chi connectivity index (χ1) is 27.0. The minimum Gasteiger partial charge on any atom is -0.462 e. The van der Waals surface area contributed by atoms with Crippen molar-refractivity contribution in [2.45, 2.75) is 223 Å². The lowest BCUT2D eigenvalue weighted by Crippen LogP contribution is -2.61. The molecule has 0 unspecified atom stereocenters. The summed E-state index contributed by atoms with van der Waals surface area (Å²) < 4.78 is 33.3. The lowest BCUT2D eigenvalue weighted by atomic mass is 9.98. The van der Waals surface area contributed by atoms with Gasteiger partial charge in [0.2, 0.25) is 0 Å². The van der Waals surface area contributed by atoms with Crippen molar-refractivity contribution in [2.24, 2.45) is 0 Å². The van der Waals surface area contributed by atoms with Crippen LogP contribution >= 0.6 is 0 Å². The fourth-order valence-corrected chi connectivity index (χ4v) is 6.92. The summed E-state index contributed by atoms with van der Waals surface area (Å²) in [4.78, 5) is 25.4. The Morgan fingerprint density at radius 2 is 0.911 bits per heavy atom. The number of hydrogen-bond donors (Lipinski definition) is 7. The molecular formula is C41H76O15. The van der Waals surface area contributed by atoms with E-state index in [1.54, 1.807) is 0 Å². The third kappa shape index (κ3) is 20.0. The number of hydrogen-bond acceptors (Lipinski definition) is 15. The van der Waals surface area contributed by atoms with Crippen molar-refractivity contribution in [1.29, 1.82) is 0 Å². The number of unbranched alkanes of at least 4 members (excludes halogenated alkanes) is 18. The van der Waals surface area contributed by atoms with Crippen LogP contribution in [0.15, 0.2) is 0 Å². The van der Waals surface area contributed by atoms with Gasteiger partial charge in [0.15, 0.2) is 18.7 Å². The molecule has 11 atom stereocenters. The summed E-state index contributed by atoms with van der Waals surface area (Å²) in [5.74, 6) is -0.928. The molecule has 7 N–H and O–H groups in total. The number of aliphatic hydroxyl groups is 7. The minimum absolute atomic E-state index is 0.172. The molecule has 0 aromatic rings. The highest BCUT2D eigenvalue weighted by Gasteiger charge is 2.47. The van der Waals surface area contributed by atoms with E-state index in [0.29, 0.717) is 12.8 Å². The second kappa shape index (κ2) is 30.5. The van der Waals surface area contributed by atoms with Crippen LogP contribution in [0.1, 0.15) is 155 Å². The smallest absolute Gasteiger partial charge is 0.306 e. The summed E-state index contributed by atoms with van der Waals surface area (Å²) in [6.07, 6.45) is 6.19. The predicted molar refractivity (Wildman–Crippen MR) is 206 cm³/mol. The lowest BCUT2D eigenvalue weighted by Gasteiger charge is -2.42. The molecule has 15 nitrogen and oxygen atoms in total. The van der Waals surface area contributed by atoms with Gasteiger partial charge in [0.25, 0.3) is 0 Å². The van der Waals surface area contributed by atoms with Crippen LogP contribution in [-0.4, -0.2) is 142 Å². The zero-order valence-corrected chi connectivity index (χ0v) is 34.1.